The third kappa shape index (κ3) is 3.30. The lowest BCUT2D eigenvalue weighted by molar-refractivity contribution is -0.116. The molecule has 0 aliphatic carbocycles. The topological polar surface area (TPSA) is 78.0 Å². The van der Waals surface area contributed by atoms with Crippen LogP contribution in [0.1, 0.15) is 23.4 Å². The molecule has 0 unspecified atom stereocenters. The van der Waals surface area contributed by atoms with E-state index < -0.39 is 0 Å². The Bertz CT molecular complexity index is 618. The van der Waals surface area contributed by atoms with Crippen molar-refractivity contribution < 1.29 is 9.90 Å². The summed E-state index contributed by atoms with van der Waals surface area (Å²) in [6.45, 7) is 3.85. The van der Waals surface area contributed by atoms with Crippen LogP contribution in [-0.2, 0) is 11.2 Å². The molecule has 5 nitrogen and oxygen atoms in total. The molecular weight excluding hydrogens is 278 g/mol. The summed E-state index contributed by atoms with van der Waals surface area (Å²) < 4.78 is 0. The van der Waals surface area contributed by atoms with Gasteiger partial charge in [0.1, 0.15) is 5.75 Å². The fourth-order valence-electron chi connectivity index (χ4n) is 1.99. The number of hydrogen-bond donors (Lipinski definition) is 3. The summed E-state index contributed by atoms with van der Waals surface area (Å²) in [5.74, 6) is -0.110. The molecule has 6 heteroatoms. The van der Waals surface area contributed by atoms with Crippen molar-refractivity contribution in [2.75, 3.05) is 5.32 Å². The Kier molecular flexibility index (Phi) is 4.29. The molecule has 1 aromatic carbocycles. The van der Waals surface area contributed by atoms with Gasteiger partial charge in [0.15, 0.2) is 0 Å². The maximum Gasteiger partial charge on any atom is 0.224 e. The van der Waals surface area contributed by atoms with Crippen molar-refractivity contribution in [3.05, 3.63) is 40.2 Å². The van der Waals surface area contributed by atoms with Crippen LogP contribution in [0.3, 0.4) is 0 Å². The summed E-state index contributed by atoms with van der Waals surface area (Å²) in [4.78, 5) is 11.9. The van der Waals surface area contributed by atoms with Crippen molar-refractivity contribution in [2.24, 2.45) is 0 Å². The molecule has 0 saturated carbocycles. The minimum atomic E-state index is -0.105. The van der Waals surface area contributed by atoms with Crippen molar-refractivity contribution in [3.63, 3.8) is 0 Å². The summed E-state index contributed by atoms with van der Waals surface area (Å²) in [6.07, 6.45) is 0.992. The number of H-pyrrole nitrogens is 1. The van der Waals surface area contributed by atoms with E-state index in [4.69, 9.17) is 11.6 Å². The molecule has 20 heavy (non-hydrogen) atoms. The van der Waals surface area contributed by atoms with E-state index >= 15 is 0 Å². The van der Waals surface area contributed by atoms with Gasteiger partial charge >= 0.3 is 0 Å². The number of aryl methyl sites for hydroxylation is 2. The van der Waals surface area contributed by atoms with E-state index in [0.717, 1.165) is 17.0 Å². The normalized spacial score (nSPS) is 10.6. The third-order valence-corrected chi connectivity index (χ3v) is 3.42. The number of phenolic OH excluding ortho intramolecular Hbond substituents is 1. The molecule has 0 saturated heterocycles. The molecule has 106 valence electrons. The molecule has 0 atom stereocenters. The number of nitrogens with one attached hydrogen (secondary N) is 2. The molecule has 2 aromatic rings. The molecule has 0 aliphatic heterocycles. The van der Waals surface area contributed by atoms with Gasteiger partial charge in [-0.3, -0.25) is 9.89 Å². The SMILES string of the molecule is Cc1n[nH]c(C)c1CCC(=O)Nc1ccc(O)c(Cl)c1. The lowest BCUT2D eigenvalue weighted by atomic mass is 10.1. The second-order valence-corrected chi connectivity index (χ2v) is 5.03. The predicted octanol–water partition coefficient (Wildman–Crippen LogP) is 2.96. The zero-order valence-corrected chi connectivity index (χ0v) is 12.1. The summed E-state index contributed by atoms with van der Waals surface area (Å²) in [5.41, 5.74) is 3.55. The number of amides is 1. The monoisotopic (exact) mass is 293 g/mol. The van der Waals surface area contributed by atoms with Crippen LogP contribution < -0.4 is 5.32 Å². The van der Waals surface area contributed by atoms with Gasteiger partial charge in [0.2, 0.25) is 5.91 Å². The van der Waals surface area contributed by atoms with Crippen molar-refractivity contribution in [3.8, 4) is 5.75 Å². The lowest BCUT2D eigenvalue weighted by Gasteiger charge is -2.06. The molecule has 1 heterocycles. The predicted molar refractivity (Wildman–Crippen MR) is 78.1 cm³/mol. The van der Waals surface area contributed by atoms with Gasteiger partial charge in [-0.15, -0.1) is 0 Å². The maximum absolute atomic E-state index is 11.9. The van der Waals surface area contributed by atoms with E-state index in [1.807, 2.05) is 13.8 Å². The number of phenols is 1. The minimum Gasteiger partial charge on any atom is -0.506 e. The molecule has 0 fully saturated rings. The highest BCUT2D eigenvalue weighted by molar-refractivity contribution is 6.32. The van der Waals surface area contributed by atoms with Crippen LogP contribution in [0.25, 0.3) is 0 Å². The Labute approximate surface area is 122 Å². The quantitative estimate of drug-likeness (QED) is 0.758. The van der Waals surface area contributed by atoms with Crippen molar-refractivity contribution >= 4 is 23.2 Å². The molecule has 0 aliphatic rings. The number of benzene rings is 1. The first kappa shape index (κ1) is 14.4. The minimum absolute atomic E-state index is 0.00527. The number of aromatic hydroxyl groups is 1. The zero-order chi connectivity index (χ0) is 14.7. The standard InChI is InChI=1S/C14H16ClN3O2/c1-8-11(9(2)18-17-8)4-6-14(20)16-10-3-5-13(19)12(15)7-10/h3,5,7,19H,4,6H2,1-2H3,(H,16,20)(H,17,18). The molecule has 2 rings (SSSR count). The van der Waals surface area contributed by atoms with Gasteiger partial charge in [-0.1, -0.05) is 11.6 Å². The number of halogens is 1. The lowest BCUT2D eigenvalue weighted by Crippen LogP contribution is -2.12. The number of aromatic nitrogens is 2. The van der Waals surface area contributed by atoms with Gasteiger partial charge in [0, 0.05) is 17.8 Å². The average molecular weight is 294 g/mol. The number of aromatic amines is 1. The Morgan fingerprint density at radius 1 is 1.45 bits per heavy atom. The number of carbonyl (C=O) groups excluding carboxylic acids is 1. The van der Waals surface area contributed by atoms with Crippen LogP contribution in [0.2, 0.25) is 5.02 Å². The fourth-order valence-corrected chi connectivity index (χ4v) is 2.17. The first-order valence-electron chi connectivity index (χ1n) is 6.26. The zero-order valence-electron chi connectivity index (χ0n) is 11.3. The van der Waals surface area contributed by atoms with Crippen LogP contribution in [-0.4, -0.2) is 21.2 Å². The number of hydrogen-bond acceptors (Lipinski definition) is 3. The molecule has 1 aromatic heterocycles. The average Bonchev–Trinajstić information content (AvgIpc) is 2.71. The van der Waals surface area contributed by atoms with Crippen LogP contribution in [0.15, 0.2) is 18.2 Å². The van der Waals surface area contributed by atoms with E-state index in [2.05, 4.69) is 15.5 Å². The Hall–Kier alpha value is -2.01. The number of nitrogens with zero attached hydrogens (tertiary/aromatic N) is 1. The van der Waals surface area contributed by atoms with E-state index in [-0.39, 0.29) is 16.7 Å². The highest BCUT2D eigenvalue weighted by atomic mass is 35.5. The molecule has 0 radical (unpaired) electrons. The second kappa shape index (κ2) is 5.96. The van der Waals surface area contributed by atoms with Gasteiger partial charge < -0.3 is 10.4 Å². The fraction of sp³-hybridized carbons (Fsp3) is 0.286. The highest BCUT2D eigenvalue weighted by Crippen LogP contribution is 2.26. The summed E-state index contributed by atoms with van der Waals surface area (Å²) >= 11 is 5.78. The van der Waals surface area contributed by atoms with Crippen LogP contribution in [0, 0.1) is 13.8 Å². The smallest absolute Gasteiger partial charge is 0.224 e. The van der Waals surface area contributed by atoms with Gasteiger partial charge in [-0.2, -0.15) is 5.10 Å². The second-order valence-electron chi connectivity index (χ2n) is 4.63. The Morgan fingerprint density at radius 3 is 2.80 bits per heavy atom. The highest BCUT2D eigenvalue weighted by Gasteiger charge is 2.10. The third-order valence-electron chi connectivity index (χ3n) is 3.11. The number of rotatable bonds is 4. The first-order valence-corrected chi connectivity index (χ1v) is 6.64. The molecule has 3 N–H and O–H groups in total. The van der Waals surface area contributed by atoms with Crippen LogP contribution >= 0.6 is 11.6 Å². The summed E-state index contributed by atoms with van der Waals surface area (Å²) in [7, 11) is 0. The van der Waals surface area contributed by atoms with Crippen LogP contribution in [0.4, 0.5) is 5.69 Å². The summed E-state index contributed by atoms with van der Waals surface area (Å²) in [5, 5.41) is 19.3. The Morgan fingerprint density at radius 2 is 2.20 bits per heavy atom. The van der Waals surface area contributed by atoms with Crippen LogP contribution in [0.5, 0.6) is 5.75 Å². The number of anilines is 1. The molecule has 0 spiro atoms. The van der Waals surface area contributed by atoms with Gasteiger partial charge in [-0.05, 0) is 44.0 Å². The number of carbonyl (C=O) groups is 1. The van der Waals surface area contributed by atoms with Gasteiger partial charge in [-0.25, -0.2) is 0 Å². The van der Waals surface area contributed by atoms with E-state index in [0.29, 0.717) is 18.5 Å². The van der Waals surface area contributed by atoms with Crippen molar-refractivity contribution in [2.45, 2.75) is 26.7 Å². The largest absolute Gasteiger partial charge is 0.506 e. The molecule has 1 amide bonds. The maximum atomic E-state index is 11.9. The van der Waals surface area contributed by atoms with E-state index in [9.17, 15) is 9.90 Å². The molecule has 0 bridgehead atoms. The first-order chi connectivity index (χ1) is 9.47. The summed E-state index contributed by atoms with van der Waals surface area (Å²) in [6, 6.07) is 4.57. The molecular formula is C14H16ClN3O2. The van der Waals surface area contributed by atoms with Crippen molar-refractivity contribution in [1.29, 1.82) is 0 Å². The van der Waals surface area contributed by atoms with E-state index in [1.54, 1.807) is 6.07 Å². The van der Waals surface area contributed by atoms with Gasteiger partial charge in [0.25, 0.3) is 0 Å². The van der Waals surface area contributed by atoms with E-state index in [1.165, 1.54) is 12.1 Å². The van der Waals surface area contributed by atoms with Gasteiger partial charge in [0.05, 0.1) is 10.7 Å². The van der Waals surface area contributed by atoms with Crippen molar-refractivity contribution in [1.82, 2.24) is 10.2 Å². The Balaban J connectivity index is 1.94.